The van der Waals surface area contributed by atoms with E-state index >= 15 is 0 Å². The Morgan fingerprint density at radius 1 is 1.17 bits per heavy atom. The second-order valence-corrected chi connectivity index (χ2v) is 10.1. The number of hydrogen-bond donors (Lipinski definition) is 1. The summed E-state index contributed by atoms with van der Waals surface area (Å²) < 4.78 is 6.08. The number of amides is 1. The first kappa shape index (κ1) is 16.4. The van der Waals surface area contributed by atoms with Gasteiger partial charge in [-0.25, -0.2) is 0 Å². The van der Waals surface area contributed by atoms with Crippen LogP contribution in [0.15, 0.2) is 22.7 Å². The molecule has 4 saturated carbocycles. The fourth-order valence-corrected chi connectivity index (χ4v) is 7.25. The normalized spacial score (nSPS) is 39.8. The highest BCUT2D eigenvalue weighted by atomic mass is 79.9. The molecule has 1 N–H and O–H groups in total. The summed E-state index contributed by atoms with van der Waals surface area (Å²) in [5.41, 5.74) is 1.50. The highest BCUT2D eigenvalue weighted by molar-refractivity contribution is 9.10. The van der Waals surface area contributed by atoms with E-state index in [0.717, 1.165) is 35.4 Å². The first-order valence-electron chi connectivity index (χ1n) is 8.90. The third-order valence-electron chi connectivity index (χ3n) is 6.42. The first-order chi connectivity index (χ1) is 11.2. The van der Waals surface area contributed by atoms with Crippen molar-refractivity contribution in [2.75, 3.05) is 7.11 Å². The zero-order valence-electron chi connectivity index (χ0n) is 14.7. The molecule has 0 heterocycles. The lowest BCUT2D eigenvalue weighted by Gasteiger charge is -2.65. The zero-order chi connectivity index (χ0) is 17.2. The molecule has 0 unspecified atom stereocenters. The molecule has 5 rings (SSSR count). The third-order valence-corrected chi connectivity index (χ3v) is 7.04. The number of benzene rings is 1. The van der Waals surface area contributed by atoms with Crippen LogP contribution in [0, 0.1) is 16.7 Å². The summed E-state index contributed by atoms with van der Waals surface area (Å²) in [6.07, 6.45) is 7.43. The van der Waals surface area contributed by atoms with Crippen LogP contribution in [0.5, 0.6) is 5.75 Å². The number of rotatable bonds is 3. The lowest BCUT2D eigenvalue weighted by atomic mass is 9.43. The van der Waals surface area contributed by atoms with E-state index in [1.54, 1.807) is 7.11 Å². The Labute approximate surface area is 152 Å². The Kier molecular flexibility index (Phi) is 3.58. The molecule has 2 atom stereocenters. The van der Waals surface area contributed by atoms with Gasteiger partial charge in [0.1, 0.15) is 5.75 Å². The van der Waals surface area contributed by atoms with Gasteiger partial charge in [-0.2, -0.15) is 0 Å². The second-order valence-electron chi connectivity index (χ2n) is 9.21. The molecule has 4 heteroatoms. The van der Waals surface area contributed by atoms with Crippen LogP contribution in [0.25, 0.3) is 0 Å². The molecule has 1 aromatic carbocycles. The van der Waals surface area contributed by atoms with Crippen LogP contribution in [0.2, 0.25) is 0 Å². The minimum atomic E-state index is -0.00754. The number of nitrogens with one attached hydrogen (secondary N) is 1. The molecule has 0 saturated heterocycles. The molecule has 1 amide bonds. The molecule has 130 valence electrons. The number of ether oxygens (including phenoxy) is 1. The summed E-state index contributed by atoms with van der Waals surface area (Å²) in [5.74, 6) is 1.58. The minimum absolute atomic E-state index is 0.00754. The maximum Gasteiger partial charge on any atom is 0.251 e. The molecule has 0 aromatic heterocycles. The van der Waals surface area contributed by atoms with E-state index in [1.807, 2.05) is 18.2 Å². The van der Waals surface area contributed by atoms with Crippen molar-refractivity contribution in [3.63, 3.8) is 0 Å². The van der Waals surface area contributed by atoms with Crippen LogP contribution in [-0.4, -0.2) is 18.6 Å². The summed E-state index contributed by atoms with van der Waals surface area (Å²) in [5, 5.41) is 3.46. The number of carbonyl (C=O) groups is 1. The van der Waals surface area contributed by atoms with Crippen molar-refractivity contribution in [1.82, 2.24) is 5.32 Å². The van der Waals surface area contributed by atoms with E-state index in [-0.39, 0.29) is 11.4 Å². The van der Waals surface area contributed by atoms with E-state index < -0.39 is 0 Å². The van der Waals surface area contributed by atoms with Gasteiger partial charge in [0.25, 0.3) is 5.91 Å². The standard InChI is InChI=1S/C20H26BrNO2/c1-18-7-13-8-19(2,10-18)12-20(9-13,11-18)22-17(23)14-4-5-16(24-3)15(21)6-14/h4-6,13H,7-12H2,1-3H3,(H,22,23)/t13?,18-,19-,20?/m1/s1. The molecule has 0 radical (unpaired) electrons. The van der Waals surface area contributed by atoms with Gasteiger partial charge >= 0.3 is 0 Å². The van der Waals surface area contributed by atoms with Crippen molar-refractivity contribution in [2.45, 2.75) is 57.9 Å². The van der Waals surface area contributed by atoms with Crippen LogP contribution in [0.4, 0.5) is 0 Å². The lowest BCUT2D eigenvalue weighted by Crippen LogP contribution is -2.65. The van der Waals surface area contributed by atoms with Crippen LogP contribution in [-0.2, 0) is 0 Å². The smallest absolute Gasteiger partial charge is 0.251 e. The van der Waals surface area contributed by atoms with Gasteiger partial charge in [-0.05, 0) is 89.4 Å². The zero-order valence-corrected chi connectivity index (χ0v) is 16.3. The highest BCUT2D eigenvalue weighted by Crippen LogP contribution is 2.66. The maximum absolute atomic E-state index is 12.9. The Morgan fingerprint density at radius 3 is 2.38 bits per heavy atom. The van der Waals surface area contributed by atoms with E-state index in [4.69, 9.17) is 4.74 Å². The Bertz CT molecular complexity index is 683. The third kappa shape index (κ3) is 2.67. The Hall–Kier alpha value is -1.03. The van der Waals surface area contributed by atoms with Crippen LogP contribution in [0.3, 0.4) is 0 Å². The first-order valence-corrected chi connectivity index (χ1v) is 9.69. The SMILES string of the molecule is COc1ccc(C(=O)NC23CC4C[C@@](C)(C2)C[C@@](C)(C4)C3)cc1Br. The van der Waals surface area contributed by atoms with Crippen molar-refractivity contribution in [3.8, 4) is 5.75 Å². The topological polar surface area (TPSA) is 38.3 Å². The largest absolute Gasteiger partial charge is 0.496 e. The fourth-order valence-electron chi connectivity index (χ4n) is 6.71. The number of methoxy groups -OCH3 is 1. The predicted molar refractivity (Wildman–Crippen MR) is 98.3 cm³/mol. The second kappa shape index (κ2) is 5.23. The average Bonchev–Trinajstić information content (AvgIpc) is 2.42. The number of carbonyl (C=O) groups excluding carboxylic acids is 1. The van der Waals surface area contributed by atoms with Crippen molar-refractivity contribution in [2.24, 2.45) is 16.7 Å². The molecule has 3 nitrogen and oxygen atoms in total. The summed E-state index contributed by atoms with van der Waals surface area (Å²) in [7, 11) is 1.64. The maximum atomic E-state index is 12.9. The van der Waals surface area contributed by atoms with Crippen molar-refractivity contribution in [1.29, 1.82) is 0 Å². The van der Waals surface area contributed by atoms with Gasteiger partial charge in [-0.15, -0.1) is 0 Å². The molecule has 4 aliphatic carbocycles. The van der Waals surface area contributed by atoms with E-state index in [2.05, 4.69) is 35.1 Å². The molecule has 1 aromatic rings. The van der Waals surface area contributed by atoms with Gasteiger partial charge in [-0.1, -0.05) is 13.8 Å². The van der Waals surface area contributed by atoms with E-state index in [1.165, 1.54) is 19.3 Å². The van der Waals surface area contributed by atoms with Gasteiger partial charge in [0.05, 0.1) is 11.6 Å². The quantitative estimate of drug-likeness (QED) is 0.792. The molecule has 0 aliphatic heterocycles. The summed E-state index contributed by atoms with van der Waals surface area (Å²) >= 11 is 3.48. The van der Waals surface area contributed by atoms with Crippen molar-refractivity contribution < 1.29 is 9.53 Å². The Morgan fingerprint density at radius 2 is 1.83 bits per heavy atom. The highest BCUT2D eigenvalue weighted by Gasteiger charge is 2.60. The predicted octanol–water partition coefficient (Wildman–Crippen LogP) is 4.94. The summed E-state index contributed by atoms with van der Waals surface area (Å²) in [4.78, 5) is 12.9. The van der Waals surface area contributed by atoms with Gasteiger partial charge in [0, 0.05) is 11.1 Å². The van der Waals surface area contributed by atoms with Gasteiger partial charge in [0.15, 0.2) is 0 Å². The van der Waals surface area contributed by atoms with Gasteiger partial charge in [-0.3, -0.25) is 4.79 Å². The van der Waals surface area contributed by atoms with E-state index in [0.29, 0.717) is 16.4 Å². The van der Waals surface area contributed by atoms with E-state index in [9.17, 15) is 4.79 Å². The minimum Gasteiger partial charge on any atom is -0.496 e. The van der Waals surface area contributed by atoms with Gasteiger partial charge in [0.2, 0.25) is 0 Å². The molecule has 4 fully saturated rings. The lowest BCUT2D eigenvalue weighted by molar-refractivity contribution is -0.114. The molecular formula is C20H26BrNO2. The molecule has 0 spiro atoms. The van der Waals surface area contributed by atoms with Crippen LogP contribution in [0.1, 0.15) is 62.7 Å². The molecule has 4 bridgehead atoms. The molecule has 24 heavy (non-hydrogen) atoms. The average molecular weight is 392 g/mol. The summed E-state index contributed by atoms with van der Waals surface area (Å²) in [6.45, 7) is 4.86. The summed E-state index contributed by atoms with van der Waals surface area (Å²) in [6, 6.07) is 5.56. The molecular weight excluding hydrogens is 366 g/mol. The van der Waals surface area contributed by atoms with Gasteiger partial charge < -0.3 is 10.1 Å². The van der Waals surface area contributed by atoms with Crippen LogP contribution >= 0.6 is 15.9 Å². The number of halogens is 1. The number of hydrogen-bond acceptors (Lipinski definition) is 2. The molecule has 4 aliphatic rings. The fraction of sp³-hybridized carbons (Fsp3) is 0.650. The van der Waals surface area contributed by atoms with Crippen molar-refractivity contribution >= 4 is 21.8 Å². The van der Waals surface area contributed by atoms with Crippen molar-refractivity contribution in [3.05, 3.63) is 28.2 Å². The monoisotopic (exact) mass is 391 g/mol. The Balaban J connectivity index is 1.59. The van der Waals surface area contributed by atoms with Crippen LogP contribution < -0.4 is 10.1 Å².